The van der Waals surface area contributed by atoms with Gasteiger partial charge in [0, 0.05) is 5.75 Å². The molecule has 2 atom stereocenters. The van der Waals surface area contributed by atoms with Crippen LogP contribution in [0.1, 0.15) is 25.3 Å². The summed E-state index contributed by atoms with van der Waals surface area (Å²) < 4.78 is 11.4. The summed E-state index contributed by atoms with van der Waals surface area (Å²) in [7, 11) is -1.08. The van der Waals surface area contributed by atoms with Gasteiger partial charge in [0.2, 0.25) is 0 Å². The summed E-state index contributed by atoms with van der Waals surface area (Å²) in [5.74, 6) is 0.587. The lowest BCUT2D eigenvalue weighted by molar-refractivity contribution is 0.252. The third-order valence-electron chi connectivity index (χ3n) is 2.31. The Balaban J connectivity index is 2.25. The highest BCUT2D eigenvalue weighted by Crippen LogP contribution is 2.05. The van der Waals surface area contributed by atoms with E-state index in [4.69, 9.17) is 0 Å². The minimum atomic E-state index is -1.08. The Kier molecular flexibility index (Phi) is 5.58. The van der Waals surface area contributed by atoms with E-state index in [0.717, 1.165) is 12.8 Å². The van der Waals surface area contributed by atoms with Gasteiger partial charge in [0.15, 0.2) is 0 Å². The van der Waals surface area contributed by atoms with Crippen LogP contribution in [0, 0.1) is 0 Å². The van der Waals surface area contributed by atoms with Gasteiger partial charge in [-0.25, -0.2) is 0 Å². The molecule has 0 fully saturated rings. The van der Waals surface area contributed by atoms with E-state index in [1.54, 1.807) is 0 Å². The van der Waals surface area contributed by atoms with Gasteiger partial charge in [-0.1, -0.05) is 37.3 Å². The molecule has 0 heterocycles. The Morgan fingerprint density at radius 1 is 1.33 bits per heavy atom. The lowest BCUT2D eigenvalue weighted by Gasteiger charge is -2.07. The molecule has 84 valence electrons. The van der Waals surface area contributed by atoms with Crippen LogP contribution in [0.5, 0.6) is 0 Å². The number of aliphatic hydroxyl groups excluding tert-OH is 1. The molecule has 0 radical (unpaired) electrons. The number of aryl methyl sites for hydroxylation is 1. The molecule has 0 aliphatic heterocycles. The molecule has 0 saturated carbocycles. The molecule has 2 nitrogen and oxygen atoms in total. The molecule has 0 saturated heterocycles. The summed E-state index contributed by atoms with van der Waals surface area (Å²) in [4.78, 5) is 0. The van der Waals surface area contributed by atoms with Crippen molar-refractivity contribution in [3.05, 3.63) is 35.9 Å². The van der Waals surface area contributed by atoms with Crippen molar-refractivity contribution in [1.29, 1.82) is 0 Å². The number of rotatable bonds is 6. The predicted octanol–water partition coefficient (Wildman–Crippen LogP) is 2.10. The van der Waals surface area contributed by atoms with Gasteiger partial charge in [-0.3, -0.25) is 4.21 Å². The van der Waals surface area contributed by atoms with Crippen molar-refractivity contribution >= 4 is 10.8 Å². The van der Waals surface area contributed by atoms with Crippen molar-refractivity contribution in [2.75, 3.05) is 5.75 Å². The molecule has 0 bridgehead atoms. The molecular weight excluding hydrogens is 208 g/mol. The van der Waals surface area contributed by atoms with Gasteiger partial charge < -0.3 is 5.11 Å². The van der Waals surface area contributed by atoms with E-state index >= 15 is 0 Å². The van der Waals surface area contributed by atoms with Crippen molar-refractivity contribution in [3.63, 3.8) is 0 Å². The fraction of sp³-hybridized carbons (Fsp3) is 0.500. The zero-order valence-corrected chi connectivity index (χ0v) is 9.87. The van der Waals surface area contributed by atoms with Crippen molar-refractivity contribution in [2.24, 2.45) is 0 Å². The first-order valence-electron chi connectivity index (χ1n) is 5.33. The van der Waals surface area contributed by atoms with Crippen LogP contribution in [0.15, 0.2) is 30.3 Å². The maximum absolute atomic E-state index is 11.4. The van der Waals surface area contributed by atoms with Gasteiger partial charge in [0.05, 0.1) is 10.8 Å². The maximum atomic E-state index is 11.4. The van der Waals surface area contributed by atoms with Gasteiger partial charge in [-0.15, -0.1) is 0 Å². The lowest BCUT2D eigenvalue weighted by atomic mass is 10.1. The zero-order chi connectivity index (χ0) is 11.1. The minimum Gasteiger partial charge on any atom is -0.380 e. The maximum Gasteiger partial charge on any atom is 0.128 e. The Morgan fingerprint density at radius 2 is 2.00 bits per heavy atom. The number of benzene rings is 1. The lowest BCUT2D eigenvalue weighted by Crippen LogP contribution is -2.16. The summed E-state index contributed by atoms with van der Waals surface area (Å²) >= 11 is 0. The third-order valence-corrected chi connectivity index (χ3v) is 3.94. The highest BCUT2D eigenvalue weighted by Gasteiger charge is 2.09. The summed E-state index contributed by atoms with van der Waals surface area (Å²) in [6, 6.07) is 10.1. The molecule has 3 heteroatoms. The van der Waals surface area contributed by atoms with E-state index in [1.807, 2.05) is 25.1 Å². The first-order valence-corrected chi connectivity index (χ1v) is 6.71. The fourth-order valence-electron chi connectivity index (χ4n) is 1.39. The van der Waals surface area contributed by atoms with Crippen LogP contribution in [-0.4, -0.2) is 20.5 Å². The normalized spacial score (nSPS) is 14.8. The smallest absolute Gasteiger partial charge is 0.128 e. The van der Waals surface area contributed by atoms with Crippen LogP contribution in [0.3, 0.4) is 0 Å². The molecule has 1 aromatic carbocycles. The number of hydrogen-bond acceptors (Lipinski definition) is 2. The van der Waals surface area contributed by atoms with Crippen LogP contribution in [0.2, 0.25) is 0 Å². The molecule has 0 aliphatic carbocycles. The number of hydrogen-bond donors (Lipinski definition) is 1. The van der Waals surface area contributed by atoms with E-state index in [1.165, 1.54) is 5.56 Å². The van der Waals surface area contributed by atoms with E-state index in [2.05, 4.69) is 12.1 Å². The van der Waals surface area contributed by atoms with Crippen LogP contribution < -0.4 is 0 Å². The van der Waals surface area contributed by atoms with Crippen LogP contribution in [0.25, 0.3) is 0 Å². The van der Waals surface area contributed by atoms with E-state index in [0.29, 0.717) is 12.2 Å². The molecule has 2 unspecified atom stereocenters. The fourth-order valence-corrected chi connectivity index (χ4v) is 2.46. The van der Waals surface area contributed by atoms with Gasteiger partial charge in [0.1, 0.15) is 5.44 Å². The standard InChI is InChI=1S/C12H18O2S/c1-2-12(13)15(14)10-6-9-11-7-4-3-5-8-11/h3-5,7-8,12-13H,2,6,9-10H2,1H3. The molecule has 0 aliphatic rings. The quantitative estimate of drug-likeness (QED) is 0.806. The predicted molar refractivity (Wildman–Crippen MR) is 64.1 cm³/mol. The first kappa shape index (κ1) is 12.4. The summed E-state index contributed by atoms with van der Waals surface area (Å²) in [6.45, 7) is 1.85. The second-order valence-corrected chi connectivity index (χ2v) is 5.25. The van der Waals surface area contributed by atoms with Crippen LogP contribution in [-0.2, 0) is 17.2 Å². The SMILES string of the molecule is CCC(O)S(=O)CCCc1ccccc1. The first-order chi connectivity index (χ1) is 7.24. The summed E-state index contributed by atoms with van der Waals surface area (Å²) in [5, 5.41) is 9.32. The Morgan fingerprint density at radius 3 is 2.60 bits per heavy atom. The second-order valence-electron chi connectivity index (χ2n) is 3.54. The van der Waals surface area contributed by atoms with Crippen LogP contribution >= 0.6 is 0 Å². The summed E-state index contributed by atoms with van der Waals surface area (Å²) in [6.07, 6.45) is 2.37. The highest BCUT2D eigenvalue weighted by atomic mass is 32.2. The van der Waals surface area contributed by atoms with E-state index in [9.17, 15) is 9.32 Å². The van der Waals surface area contributed by atoms with Crippen molar-refractivity contribution in [3.8, 4) is 0 Å². The average Bonchev–Trinajstić information content (AvgIpc) is 2.29. The zero-order valence-electron chi connectivity index (χ0n) is 9.06. The largest absolute Gasteiger partial charge is 0.380 e. The van der Waals surface area contributed by atoms with E-state index in [-0.39, 0.29) is 0 Å². The van der Waals surface area contributed by atoms with Gasteiger partial charge in [0.25, 0.3) is 0 Å². The molecule has 0 amide bonds. The average molecular weight is 226 g/mol. The molecule has 1 rings (SSSR count). The molecule has 0 aromatic heterocycles. The van der Waals surface area contributed by atoms with E-state index < -0.39 is 16.2 Å². The van der Waals surface area contributed by atoms with Gasteiger partial charge >= 0.3 is 0 Å². The minimum absolute atomic E-state index is 0.567. The molecule has 1 N–H and O–H groups in total. The van der Waals surface area contributed by atoms with Crippen LogP contribution in [0.4, 0.5) is 0 Å². The second kappa shape index (κ2) is 6.75. The Labute approximate surface area is 93.8 Å². The Hall–Kier alpha value is -0.670. The van der Waals surface area contributed by atoms with Crippen molar-refractivity contribution < 1.29 is 9.32 Å². The summed E-state index contributed by atoms with van der Waals surface area (Å²) in [5.41, 5.74) is 0.612. The van der Waals surface area contributed by atoms with Gasteiger partial charge in [-0.2, -0.15) is 0 Å². The van der Waals surface area contributed by atoms with Crippen molar-refractivity contribution in [2.45, 2.75) is 31.6 Å². The molecule has 15 heavy (non-hydrogen) atoms. The monoisotopic (exact) mass is 226 g/mol. The van der Waals surface area contributed by atoms with Gasteiger partial charge in [-0.05, 0) is 24.8 Å². The third kappa shape index (κ3) is 4.58. The number of aliphatic hydroxyl groups is 1. The topological polar surface area (TPSA) is 37.3 Å². The molecule has 1 aromatic rings. The molecular formula is C12H18O2S. The van der Waals surface area contributed by atoms with Crippen molar-refractivity contribution in [1.82, 2.24) is 0 Å². The Bertz CT molecular complexity index is 298. The highest BCUT2D eigenvalue weighted by molar-refractivity contribution is 7.85. The molecule has 0 spiro atoms.